The lowest BCUT2D eigenvalue weighted by Gasteiger charge is -2.39. The highest BCUT2D eigenvalue weighted by Gasteiger charge is 2.34. The van der Waals surface area contributed by atoms with Gasteiger partial charge in [-0.1, -0.05) is 17.7 Å². The number of amides is 2. The highest BCUT2D eigenvalue weighted by Crippen LogP contribution is 2.21. The highest BCUT2D eigenvalue weighted by molar-refractivity contribution is 6.01. The van der Waals surface area contributed by atoms with Crippen LogP contribution < -0.4 is 4.90 Å². The lowest BCUT2D eigenvalue weighted by atomic mass is 10.1. The second kappa shape index (κ2) is 6.16. The van der Waals surface area contributed by atoms with Gasteiger partial charge in [0.2, 0.25) is 5.91 Å². The molecule has 1 fully saturated rings. The number of carbonyl (C=O) groups is 2. The van der Waals surface area contributed by atoms with Crippen LogP contribution >= 0.6 is 0 Å². The van der Waals surface area contributed by atoms with Gasteiger partial charge in [0, 0.05) is 30.7 Å². The summed E-state index contributed by atoms with van der Waals surface area (Å²) in [5.41, 5.74) is 2.26. The number of rotatable bonds is 2. The molecule has 2 amide bonds. The van der Waals surface area contributed by atoms with Crippen LogP contribution in [0, 0.1) is 6.92 Å². The first-order valence-corrected chi connectivity index (χ1v) is 7.50. The maximum absolute atomic E-state index is 12.5. The Hall–Kier alpha value is -2.76. The Bertz CT molecular complexity index is 715. The van der Waals surface area contributed by atoms with Gasteiger partial charge in [-0.3, -0.25) is 14.6 Å². The molecule has 1 aromatic heterocycles. The molecule has 0 saturated carbocycles. The molecule has 0 aliphatic carbocycles. The molecule has 6 heteroatoms. The van der Waals surface area contributed by atoms with E-state index in [9.17, 15) is 9.59 Å². The summed E-state index contributed by atoms with van der Waals surface area (Å²) in [4.78, 5) is 36.2. The van der Waals surface area contributed by atoms with E-state index in [1.165, 1.54) is 18.6 Å². The summed E-state index contributed by atoms with van der Waals surface area (Å²) in [6.07, 6.45) is 4.41. The lowest BCUT2D eigenvalue weighted by molar-refractivity contribution is -0.121. The van der Waals surface area contributed by atoms with Crippen LogP contribution in [-0.4, -0.2) is 45.8 Å². The summed E-state index contributed by atoms with van der Waals surface area (Å²) in [7, 11) is 0. The molecule has 0 spiro atoms. The number of carbonyl (C=O) groups excluding carboxylic acids is 2. The van der Waals surface area contributed by atoms with Gasteiger partial charge in [0.25, 0.3) is 5.91 Å². The van der Waals surface area contributed by atoms with E-state index in [2.05, 4.69) is 9.97 Å². The number of hydrogen-bond donors (Lipinski definition) is 0. The summed E-state index contributed by atoms with van der Waals surface area (Å²) in [5.74, 6) is -0.355. The van der Waals surface area contributed by atoms with E-state index in [0.717, 1.165) is 11.3 Å². The fourth-order valence-electron chi connectivity index (χ4n) is 2.65. The van der Waals surface area contributed by atoms with E-state index in [-0.39, 0.29) is 30.1 Å². The van der Waals surface area contributed by atoms with Crippen molar-refractivity contribution in [2.24, 2.45) is 0 Å². The van der Waals surface area contributed by atoms with Crippen molar-refractivity contribution >= 4 is 17.5 Å². The largest absolute Gasteiger partial charge is 0.323 e. The molecule has 1 saturated heterocycles. The van der Waals surface area contributed by atoms with Crippen LogP contribution in [0.15, 0.2) is 42.9 Å². The average Bonchev–Trinajstić information content (AvgIpc) is 2.57. The van der Waals surface area contributed by atoms with Crippen molar-refractivity contribution in [3.8, 4) is 0 Å². The number of hydrogen-bond acceptors (Lipinski definition) is 4. The van der Waals surface area contributed by atoms with Gasteiger partial charge in [0.05, 0.1) is 6.20 Å². The van der Waals surface area contributed by atoms with E-state index in [4.69, 9.17) is 0 Å². The molecule has 0 bridgehead atoms. The molecule has 118 valence electrons. The minimum Gasteiger partial charge on any atom is -0.323 e. The Morgan fingerprint density at radius 1 is 1.22 bits per heavy atom. The Morgan fingerprint density at radius 3 is 2.61 bits per heavy atom. The SMILES string of the molecule is Cc1ccc(N2C[C@@H](C)N(C(=O)c3cnccn3)CC2=O)cc1. The zero-order valence-electron chi connectivity index (χ0n) is 13.1. The molecule has 1 aliphatic rings. The molecule has 2 heterocycles. The van der Waals surface area contributed by atoms with Gasteiger partial charge in [0.15, 0.2) is 0 Å². The monoisotopic (exact) mass is 310 g/mol. The molecule has 1 aliphatic heterocycles. The van der Waals surface area contributed by atoms with Gasteiger partial charge >= 0.3 is 0 Å². The van der Waals surface area contributed by atoms with Crippen molar-refractivity contribution in [1.82, 2.24) is 14.9 Å². The Kier molecular flexibility index (Phi) is 4.06. The number of aryl methyl sites for hydroxylation is 1. The van der Waals surface area contributed by atoms with Crippen LogP contribution in [0.3, 0.4) is 0 Å². The van der Waals surface area contributed by atoms with E-state index in [1.54, 1.807) is 9.80 Å². The van der Waals surface area contributed by atoms with Gasteiger partial charge < -0.3 is 9.80 Å². The Labute approximate surface area is 134 Å². The van der Waals surface area contributed by atoms with Crippen molar-refractivity contribution < 1.29 is 9.59 Å². The summed E-state index contributed by atoms with van der Waals surface area (Å²) in [6, 6.07) is 7.72. The van der Waals surface area contributed by atoms with Crippen LogP contribution in [0.1, 0.15) is 23.0 Å². The van der Waals surface area contributed by atoms with Crippen LogP contribution in [0.2, 0.25) is 0 Å². The lowest BCUT2D eigenvalue weighted by Crippen LogP contribution is -2.57. The van der Waals surface area contributed by atoms with Crippen LogP contribution in [0.25, 0.3) is 0 Å². The standard InChI is InChI=1S/C17H18N4O2/c1-12-3-5-14(6-4-12)21-10-13(2)20(11-16(21)22)17(23)15-9-18-7-8-19-15/h3-9,13H,10-11H2,1-2H3/t13-/m1/s1. The summed E-state index contributed by atoms with van der Waals surface area (Å²) in [6.45, 7) is 4.45. The molecule has 1 aromatic carbocycles. The molecule has 0 N–H and O–H groups in total. The van der Waals surface area contributed by atoms with E-state index < -0.39 is 0 Å². The van der Waals surface area contributed by atoms with Crippen LogP contribution in [0.5, 0.6) is 0 Å². The first kappa shape index (κ1) is 15.1. The zero-order chi connectivity index (χ0) is 16.4. The molecule has 0 radical (unpaired) electrons. The van der Waals surface area contributed by atoms with E-state index in [1.807, 2.05) is 38.1 Å². The number of anilines is 1. The minimum atomic E-state index is -0.262. The van der Waals surface area contributed by atoms with E-state index in [0.29, 0.717) is 6.54 Å². The second-order valence-electron chi connectivity index (χ2n) is 5.71. The topological polar surface area (TPSA) is 66.4 Å². The van der Waals surface area contributed by atoms with Gasteiger partial charge in [-0.05, 0) is 26.0 Å². The van der Waals surface area contributed by atoms with Crippen LogP contribution in [0.4, 0.5) is 5.69 Å². The number of benzene rings is 1. The van der Waals surface area contributed by atoms with Gasteiger partial charge in [-0.25, -0.2) is 4.98 Å². The van der Waals surface area contributed by atoms with Crippen LogP contribution in [-0.2, 0) is 4.79 Å². The van der Waals surface area contributed by atoms with Crippen molar-refractivity contribution in [3.05, 3.63) is 54.1 Å². The van der Waals surface area contributed by atoms with Crippen molar-refractivity contribution in [3.63, 3.8) is 0 Å². The first-order chi connectivity index (χ1) is 11.1. The smallest absolute Gasteiger partial charge is 0.274 e. The summed E-state index contributed by atoms with van der Waals surface area (Å²) >= 11 is 0. The fraction of sp³-hybridized carbons (Fsp3) is 0.294. The molecule has 2 aromatic rings. The maximum atomic E-state index is 12.5. The number of aromatic nitrogens is 2. The van der Waals surface area contributed by atoms with E-state index >= 15 is 0 Å². The normalized spacial score (nSPS) is 18.2. The Morgan fingerprint density at radius 2 is 1.96 bits per heavy atom. The second-order valence-corrected chi connectivity index (χ2v) is 5.71. The molecule has 1 atom stereocenters. The predicted molar refractivity (Wildman–Crippen MR) is 86.1 cm³/mol. The third kappa shape index (κ3) is 3.06. The molecule has 6 nitrogen and oxygen atoms in total. The maximum Gasteiger partial charge on any atom is 0.274 e. The van der Waals surface area contributed by atoms with Crippen molar-refractivity contribution in [2.45, 2.75) is 19.9 Å². The molecule has 0 unspecified atom stereocenters. The molecular formula is C17H18N4O2. The summed E-state index contributed by atoms with van der Waals surface area (Å²) < 4.78 is 0. The van der Waals surface area contributed by atoms with Gasteiger partial charge in [0.1, 0.15) is 12.2 Å². The third-order valence-electron chi connectivity index (χ3n) is 3.97. The highest BCUT2D eigenvalue weighted by atomic mass is 16.2. The molecule has 3 rings (SSSR count). The minimum absolute atomic E-state index is 0.0461. The zero-order valence-corrected chi connectivity index (χ0v) is 13.1. The van der Waals surface area contributed by atoms with Gasteiger partial charge in [-0.2, -0.15) is 0 Å². The van der Waals surface area contributed by atoms with Gasteiger partial charge in [-0.15, -0.1) is 0 Å². The van der Waals surface area contributed by atoms with Crippen molar-refractivity contribution in [2.75, 3.05) is 18.0 Å². The summed E-state index contributed by atoms with van der Waals surface area (Å²) in [5, 5.41) is 0. The van der Waals surface area contributed by atoms with Crippen molar-refractivity contribution in [1.29, 1.82) is 0 Å². The third-order valence-corrected chi connectivity index (χ3v) is 3.97. The quantitative estimate of drug-likeness (QED) is 0.846. The first-order valence-electron chi connectivity index (χ1n) is 7.50. The predicted octanol–water partition coefficient (Wildman–Crippen LogP) is 1.66. The number of nitrogens with zero attached hydrogens (tertiary/aromatic N) is 4. The molecule has 23 heavy (non-hydrogen) atoms. The fourth-order valence-corrected chi connectivity index (χ4v) is 2.65. The molecular weight excluding hydrogens is 292 g/mol. The number of piperazine rings is 1. The average molecular weight is 310 g/mol. The Balaban J connectivity index is 1.78.